The Morgan fingerprint density at radius 2 is 1.91 bits per heavy atom. The van der Waals surface area contributed by atoms with Crippen LogP contribution in [0.15, 0.2) is 14.7 Å². The Kier molecular flexibility index (Phi) is 6.43. The van der Waals surface area contributed by atoms with Gasteiger partial charge in [-0.25, -0.2) is 4.79 Å². The quantitative estimate of drug-likeness (QED) is 0.590. The number of aromatic hydroxyl groups is 1. The molecule has 1 aliphatic rings. The summed E-state index contributed by atoms with van der Waals surface area (Å²) in [5.41, 5.74) is -1.12. The summed E-state index contributed by atoms with van der Waals surface area (Å²) in [6.07, 6.45) is 8.67. The van der Waals surface area contributed by atoms with Gasteiger partial charge in [0.15, 0.2) is 0 Å². The van der Waals surface area contributed by atoms with Gasteiger partial charge in [-0.1, -0.05) is 26.2 Å². The van der Waals surface area contributed by atoms with Crippen molar-refractivity contribution in [1.82, 2.24) is 14.6 Å². The molecule has 0 unspecified atom stereocenters. The lowest BCUT2D eigenvalue weighted by Gasteiger charge is -2.23. The number of hydrazone groups is 1. The van der Waals surface area contributed by atoms with Crippen molar-refractivity contribution in [3.8, 4) is 5.88 Å². The summed E-state index contributed by atoms with van der Waals surface area (Å²) >= 11 is 0. The van der Waals surface area contributed by atoms with Crippen molar-refractivity contribution in [1.29, 1.82) is 0 Å². The predicted octanol–water partition coefficient (Wildman–Crippen LogP) is 1.64. The molecule has 1 aromatic rings. The van der Waals surface area contributed by atoms with Gasteiger partial charge in [0.25, 0.3) is 5.56 Å². The maximum atomic E-state index is 11.9. The van der Waals surface area contributed by atoms with E-state index in [2.05, 4.69) is 17.0 Å². The third-order valence-electron chi connectivity index (χ3n) is 4.12. The van der Waals surface area contributed by atoms with Gasteiger partial charge in [0.05, 0.1) is 6.21 Å². The van der Waals surface area contributed by atoms with Gasteiger partial charge < -0.3 is 5.11 Å². The Labute approximate surface area is 135 Å². The fraction of sp³-hybridized carbons (Fsp3) is 0.688. The molecular weight excluding hydrogens is 296 g/mol. The molecule has 2 heterocycles. The highest BCUT2D eigenvalue weighted by Crippen LogP contribution is 2.12. The summed E-state index contributed by atoms with van der Waals surface area (Å²) in [6, 6.07) is 0. The van der Waals surface area contributed by atoms with E-state index in [0.29, 0.717) is 6.54 Å². The first-order chi connectivity index (χ1) is 11.1. The predicted molar refractivity (Wildman–Crippen MR) is 90.1 cm³/mol. The van der Waals surface area contributed by atoms with Crippen molar-refractivity contribution in [2.24, 2.45) is 5.10 Å². The fourth-order valence-electron chi connectivity index (χ4n) is 2.73. The number of hydrogen-bond acceptors (Lipinski definition) is 5. The zero-order chi connectivity index (χ0) is 16.7. The molecule has 0 amide bonds. The highest BCUT2D eigenvalue weighted by molar-refractivity contribution is 5.81. The van der Waals surface area contributed by atoms with Crippen molar-refractivity contribution in [3.63, 3.8) is 0 Å². The van der Waals surface area contributed by atoms with Gasteiger partial charge in [-0.2, -0.15) is 5.10 Å². The average Bonchev–Trinajstić information content (AvgIpc) is 2.54. The molecule has 1 aliphatic heterocycles. The number of nitrogens with one attached hydrogen (secondary N) is 1. The third kappa shape index (κ3) is 4.71. The molecule has 7 heteroatoms. The number of nitrogens with zero attached hydrogens (tertiary/aromatic N) is 3. The molecule has 1 aromatic heterocycles. The summed E-state index contributed by atoms with van der Waals surface area (Å²) in [5, 5.41) is 16.4. The lowest BCUT2D eigenvalue weighted by molar-refractivity contribution is 0.240. The molecule has 128 valence electrons. The zero-order valence-electron chi connectivity index (χ0n) is 13.8. The molecule has 0 bridgehead atoms. The van der Waals surface area contributed by atoms with Crippen LogP contribution in [0, 0.1) is 0 Å². The SMILES string of the molecule is CCCCCCn1c(O)c(/C=N/N2CCCCC2)c(=O)[nH]c1=O. The topological polar surface area (TPSA) is 90.7 Å². The van der Waals surface area contributed by atoms with Gasteiger partial charge in [-0.05, 0) is 25.7 Å². The molecule has 1 fully saturated rings. The minimum Gasteiger partial charge on any atom is -0.494 e. The van der Waals surface area contributed by atoms with Crippen LogP contribution in [-0.2, 0) is 6.54 Å². The molecule has 0 atom stereocenters. The van der Waals surface area contributed by atoms with E-state index in [9.17, 15) is 14.7 Å². The van der Waals surface area contributed by atoms with E-state index < -0.39 is 11.2 Å². The van der Waals surface area contributed by atoms with Gasteiger partial charge >= 0.3 is 5.69 Å². The average molecular weight is 322 g/mol. The summed E-state index contributed by atoms with van der Waals surface area (Å²) < 4.78 is 1.22. The second-order valence-corrected chi connectivity index (χ2v) is 5.97. The third-order valence-corrected chi connectivity index (χ3v) is 4.12. The van der Waals surface area contributed by atoms with Crippen molar-refractivity contribution in [3.05, 3.63) is 26.4 Å². The second kappa shape index (κ2) is 8.55. The number of hydrogen-bond donors (Lipinski definition) is 2. The van der Waals surface area contributed by atoms with Gasteiger partial charge in [0, 0.05) is 19.6 Å². The van der Waals surface area contributed by atoms with Crippen molar-refractivity contribution in [2.45, 2.75) is 58.4 Å². The second-order valence-electron chi connectivity index (χ2n) is 5.97. The van der Waals surface area contributed by atoms with Crippen LogP contribution in [0.25, 0.3) is 0 Å². The van der Waals surface area contributed by atoms with E-state index in [-0.39, 0.29) is 11.4 Å². The summed E-state index contributed by atoms with van der Waals surface area (Å²) in [6.45, 7) is 4.21. The first-order valence-electron chi connectivity index (χ1n) is 8.48. The molecule has 0 aliphatic carbocycles. The molecule has 7 nitrogen and oxygen atoms in total. The van der Waals surface area contributed by atoms with Crippen molar-refractivity contribution in [2.75, 3.05) is 13.1 Å². The molecule has 2 rings (SSSR count). The number of aromatic amines is 1. The monoisotopic (exact) mass is 322 g/mol. The Hall–Kier alpha value is -2.05. The van der Waals surface area contributed by atoms with E-state index in [4.69, 9.17) is 0 Å². The lowest BCUT2D eigenvalue weighted by Crippen LogP contribution is -2.33. The minimum absolute atomic E-state index is 0.0469. The number of piperidine rings is 1. The van der Waals surface area contributed by atoms with Crippen LogP contribution in [0.5, 0.6) is 5.88 Å². The number of aromatic nitrogens is 2. The van der Waals surface area contributed by atoms with Crippen LogP contribution in [-0.4, -0.2) is 39.0 Å². The van der Waals surface area contributed by atoms with Gasteiger partial charge in [0.2, 0.25) is 5.88 Å². The highest BCUT2D eigenvalue weighted by Gasteiger charge is 2.13. The molecular formula is C16H26N4O3. The van der Waals surface area contributed by atoms with E-state index >= 15 is 0 Å². The largest absolute Gasteiger partial charge is 0.494 e. The summed E-state index contributed by atoms with van der Waals surface area (Å²) in [4.78, 5) is 26.1. The summed E-state index contributed by atoms with van der Waals surface area (Å²) in [5.74, 6) is -0.295. The fourth-order valence-corrected chi connectivity index (χ4v) is 2.73. The molecule has 0 spiro atoms. The van der Waals surface area contributed by atoms with Gasteiger partial charge in [0.1, 0.15) is 5.56 Å². The van der Waals surface area contributed by atoms with Crippen LogP contribution < -0.4 is 11.2 Å². The molecule has 0 radical (unpaired) electrons. The molecule has 0 aromatic carbocycles. The maximum absolute atomic E-state index is 11.9. The zero-order valence-corrected chi connectivity index (χ0v) is 13.8. The Morgan fingerprint density at radius 3 is 2.61 bits per heavy atom. The molecule has 23 heavy (non-hydrogen) atoms. The Balaban J connectivity index is 2.16. The highest BCUT2D eigenvalue weighted by atomic mass is 16.3. The first-order valence-corrected chi connectivity index (χ1v) is 8.48. The normalized spacial score (nSPS) is 15.4. The number of unbranched alkanes of at least 4 members (excludes halogenated alkanes) is 3. The van der Waals surface area contributed by atoms with E-state index in [1.54, 1.807) is 0 Å². The maximum Gasteiger partial charge on any atom is 0.331 e. The lowest BCUT2D eigenvalue weighted by atomic mass is 10.2. The molecule has 2 N–H and O–H groups in total. The Bertz CT molecular complexity index is 642. The van der Waals surface area contributed by atoms with E-state index in [0.717, 1.165) is 51.6 Å². The smallest absolute Gasteiger partial charge is 0.331 e. The van der Waals surface area contributed by atoms with Crippen LogP contribution in [0.2, 0.25) is 0 Å². The van der Waals surface area contributed by atoms with E-state index in [1.165, 1.54) is 17.2 Å². The van der Waals surface area contributed by atoms with Gasteiger partial charge in [-0.3, -0.25) is 19.4 Å². The standard InChI is InChI=1S/C16H26N4O3/c1-2-3-4-8-11-20-15(22)13(14(21)18-16(20)23)12-17-19-9-6-5-7-10-19/h12,22H,2-11H2,1H3,(H,18,21,23)/b17-12+. The van der Waals surface area contributed by atoms with Crippen LogP contribution in [0.4, 0.5) is 0 Å². The van der Waals surface area contributed by atoms with Gasteiger partial charge in [-0.15, -0.1) is 0 Å². The summed E-state index contributed by atoms with van der Waals surface area (Å²) in [7, 11) is 0. The minimum atomic E-state index is -0.599. The number of rotatable bonds is 7. The van der Waals surface area contributed by atoms with Crippen molar-refractivity contribution >= 4 is 6.21 Å². The van der Waals surface area contributed by atoms with Crippen molar-refractivity contribution < 1.29 is 5.11 Å². The number of H-pyrrole nitrogens is 1. The Morgan fingerprint density at radius 1 is 1.17 bits per heavy atom. The van der Waals surface area contributed by atoms with Crippen LogP contribution in [0.3, 0.4) is 0 Å². The van der Waals surface area contributed by atoms with E-state index in [1.807, 2.05) is 5.01 Å². The van der Waals surface area contributed by atoms with Crippen LogP contribution in [0.1, 0.15) is 57.4 Å². The molecule has 0 saturated carbocycles. The first kappa shape index (κ1) is 17.3. The molecule has 1 saturated heterocycles. The van der Waals surface area contributed by atoms with Crippen LogP contribution >= 0.6 is 0 Å².